The number of rotatable bonds is 2. The molecule has 1 aromatic carbocycles. The highest BCUT2D eigenvalue weighted by Gasteiger charge is 2.24. The van der Waals surface area contributed by atoms with Crippen molar-refractivity contribution in [2.24, 2.45) is 0 Å². The molecule has 3 nitrogen and oxygen atoms in total. The Morgan fingerprint density at radius 3 is 2.89 bits per heavy atom. The number of halogens is 2. The van der Waals surface area contributed by atoms with Crippen molar-refractivity contribution in [2.75, 3.05) is 7.11 Å². The Labute approximate surface area is 122 Å². The molecule has 18 heavy (non-hydrogen) atoms. The minimum absolute atomic E-state index is 0.241. The van der Waals surface area contributed by atoms with E-state index in [-0.39, 0.29) is 15.1 Å². The summed E-state index contributed by atoms with van der Waals surface area (Å²) in [6.07, 6.45) is 1.50. The molecule has 1 fully saturated rings. The number of thiol groups is 1. The van der Waals surface area contributed by atoms with Gasteiger partial charge in [0.05, 0.1) is 16.5 Å². The standard InChI is InChI=1S/C11H9BrFNO2S2/c1-16-6-3-2-5(9(13)8(6)12)4-7-10(15)14-11(17)18-7/h2-4,11,17H,1H3,(H,14,15)/b7-4+. The zero-order chi connectivity index (χ0) is 13.3. The van der Waals surface area contributed by atoms with Crippen LogP contribution in [-0.4, -0.2) is 17.7 Å². The van der Waals surface area contributed by atoms with Crippen LogP contribution >= 0.6 is 40.3 Å². The number of ether oxygens (including phenoxy) is 1. The van der Waals surface area contributed by atoms with Gasteiger partial charge < -0.3 is 10.1 Å². The van der Waals surface area contributed by atoms with Crippen molar-refractivity contribution in [1.82, 2.24) is 5.32 Å². The van der Waals surface area contributed by atoms with Crippen LogP contribution in [0.1, 0.15) is 5.56 Å². The lowest BCUT2D eigenvalue weighted by molar-refractivity contribution is -0.116. The first-order valence-electron chi connectivity index (χ1n) is 4.92. The lowest BCUT2D eigenvalue weighted by atomic mass is 10.2. The smallest absolute Gasteiger partial charge is 0.259 e. The molecule has 1 unspecified atom stereocenters. The Hall–Kier alpha value is -0.660. The number of methoxy groups -OCH3 is 1. The summed E-state index contributed by atoms with van der Waals surface area (Å²) >= 11 is 8.48. The van der Waals surface area contributed by atoms with Crippen LogP contribution < -0.4 is 10.1 Å². The molecule has 2 rings (SSSR count). The SMILES string of the molecule is COc1ccc(/C=C2/SC(S)NC2=O)c(F)c1Br. The van der Waals surface area contributed by atoms with Crippen LogP contribution in [0.3, 0.4) is 0 Å². The molecule has 0 aromatic heterocycles. The number of carbonyl (C=O) groups excluding carboxylic acids is 1. The van der Waals surface area contributed by atoms with Crippen molar-refractivity contribution in [1.29, 1.82) is 0 Å². The van der Waals surface area contributed by atoms with Crippen LogP contribution in [0.4, 0.5) is 4.39 Å². The highest BCUT2D eigenvalue weighted by Crippen LogP contribution is 2.34. The Bertz CT molecular complexity index is 536. The molecule has 1 aliphatic heterocycles. The van der Waals surface area contributed by atoms with E-state index < -0.39 is 5.82 Å². The summed E-state index contributed by atoms with van der Waals surface area (Å²) in [6.45, 7) is 0. The van der Waals surface area contributed by atoms with Gasteiger partial charge in [-0.15, -0.1) is 12.6 Å². The molecule has 0 saturated carbocycles. The van der Waals surface area contributed by atoms with Gasteiger partial charge in [-0.05, 0) is 34.1 Å². The van der Waals surface area contributed by atoms with Gasteiger partial charge in [-0.3, -0.25) is 4.79 Å². The lowest BCUT2D eigenvalue weighted by Gasteiger charge is -2.06. The van der Waals surface area contributed by atoms with Crippen LogP contribution in [0, 0.1) is 5.82 Å². The number of amides is 1. The maximum Gasteiger partial charge on any atom is 0.259 e. The normalized spacial score (nSPS) is 21.2. The van der Waals surface area contributed by atoms with Gasteiger partial charge in [0.15, 0.2) is 0 Å². The largest absolute Gasteiger partial charge is 0.495 e. The Balaban J connectivity index is 2.38. The summed E-state index contributed by atoms with van der Waals surface area (Å²) in [5.41, 5.74) is 0.322. The molecule has 1 atom stereocenters. The summed E-state index contributed by atoms with van der Waals surface area (Å²) in [6, 6.07) is 3.20. The number of hydrogen-bond donors (Lipinski definition) is 2. The molecule has 0 bridgehead atoms. The van der Waals surface area contributed by atoms with Crippen molar-refractivity contribution < 1.29 is 13.9 Å². The third-order valence-electron chi connectivity index (χ3n) is 2.30. The lowest BCUT2D eigenvalue weighted by Crippen LogP contribution is -2.19. The van der Waals surface area contributed by atoms with Crippen molar-refractivity contribution >= 4 is 52.3 Å². The number of thioether (sulfide) groups is 1. The van der Waals surface area contributed by atoms with E-state index in [1.807, 2.05) is 0 Å². The minimum Gasteiger partial charge on any atom is -0.495 e. The quantitative estimate of drug-likeness (QED) is 0.636. The van der Waals surface area contributed by atoms with Crippen LogP contribution in [-0.2, 0) is 4.79 Å². The van der Waals surface area contributed by atoms with E-state index in [4.69, 9.17) is 4.74 Å². The van der Waals surface area contributed by atoms with Crippen molar-refractivity contribution in [3.05, 3.63) is 32.9 Å². The average molecular weight is 350 g/mol. The maximum atomic E-state index is 14.0. The van der Waals surface area contributed by atoms with Gasteiger partial charge in [-0.25, -0.2) is 4.39 Å². The Kier molecular flexibility index (Phi) is 4.24. The molecule has 1 aliphatic rings. The second-order valence-electron chi connectivity index (χ2n) is 3.44. The van der Waals surface area contributed by atoms with Gasteiger partial charge in [0.2, 0.25) is 0 Å². The second kappa shape index (κ2) is 5.54. The van der Waals surface area contributed by atoms with E-state index in [1.54, 1.807) is 12.1 Å². The van der Waals surface area contributed by atoms with Crippen molar-refractivity contribution in [3.8, 4) is 5.75 Å². The molecular weight excluding hydrogens is 341 g/mol. The van der Waals surface area contributed by atoms with Gasteiger partial charge in [0.25, 0.3) is 5.91 Å². The monoisotopic (exact) mass is 349 g/mol. The fourth-order valence-electron chi connectivity index (χ4n) is 1.44. The van der Waals surface area contributed by atoms with E-state index in [2.05, 4.69) is 33.9 Å². The molecule has 0 aliphatic carbocycles. The zero-order valence-electron chi connectivity index (χ0n) is 9.24. The summed E-state index contributed by atoms with van der Waals surface area (Å²) < 4.78 is 18.9. The molecular formula is C11H9BrFNO2S2. The van der Waals surface area contributed by atoms with Crippen molar-refractivity contribution in [2.45, 2.75) is 4.71 Å². The van der Waals surface area contributed by atoms with E-state index >= 15 is 0 Å². The van der Waals surface area contributed by atoms with E-state index in [0.29, 0.717) is 16.2 Å². The third-order valence-corrected chi connectivity index (χ3v) is 4.38. The molecule has 1 aromatic rings. The van der Waals surface area contributed by atoms with Crippen LogP contribution in [0.25, 0.3) is 6.08 Å². The molecule has 7 heteroatoms. The van der Waals surface area contributed by atoms with Gasteiger partial charge in [-0.2, -0.15) is 0 Å². The maximum absolute atomic E-state index is 14.0. The van der Waals surface area contributed by atoms with Gasteiger partial charge in [-0.1, -0.05) is 11.8 Å². The molecule has 0 radical (unpaired) electrons. The van der Waals surface area contributed by atoms with Crippen LogP contribution in [0.15, 0.2) is 21.5 Å². The fraction of sp³-hybridized carbons (Fsp3) is 0.182. The molecule has 1 N–H and O–H groups in total. The molecule has 96 valence electrons. The van der Waals surface area contributed by atoms with Crippen LogP contribution in [0.5, 0.6) is 5.75 Å². The first-order valence-corrected chi connectivity index (χ1v) is 7.11. The van der Waals surface area contributed by atoms with Crippen LogP contribution in [0.2, 0.25) is 0 Å². The predicted molar refractivity (Wildman–Crippen MR) is 77.1 cm³/mol. The van der Waals surface area contributed by atoms with Gasteiger partial charge >= 0.3 is 0 Å². The van der Waals surface area contributed by atoms with Crippen molar-refractivity contribution in [3.63, 3.8) is 0 Å². The fourth-order valence-corrected chi connectivity index (χ4v) is 3.19. The molecule has 1 saturated heterocycles. The number of carbonyl (C=O) groups is 1. The summed E-state index contributed by atoms with van der Waals surface area (Å²) in [4.78, 5) is 11.9. The predicted octanol–water partition coefficient (Wildman–Crippen LogP) is 3.01. The van der Waals surface area contributed by atoms with Gasteiger partial charge in [0.1, 0.15) is 16.3 Å². The topological polar surface area (TPSA) is 38.3 Å². The summed E-state index contributed by atoms with van der Waals surface area (Å²) in [7, 11) is 1.46. The van der Waals surface area contributed by atoms with Gasteiger partial charge in [0, 0.05) is 5.56 Å². The summed E-state index contributed by atoms with van der Waals surface area (Å²) in [5, 5.41) is 2.60. The third kappa shape index (κ3) is 2.67. The second-order valence-corrected chi connectivity index (χ2v) is 6.24. The van der Waals surface area contributed by atoms with E-state index in [0.717, 1.165) is 0 Å². The highest BCUT2D eigenvalue weighted by atomic mass is 79.9. The van der Waals surface area contributed by atoms with E-state index in [9.17, 15) is 9.18 Å². The average Bonchev–Trinajstić information content (AvgIpc) is 2.64. The number of nitrogens with one attached hydrogen (secondary N) is 1. The Morgan fingerprint density at radius 1 is 1.61 bits per heavy atom. The first kappa shape index (κ1) is 13.8. The number of hydrogen-bond acceptors (Lipinski definition) is 4. The molecule has 0 spiro atoms. The van der Waals surface area contributed by atoms with E-state index in [1.165, 1.54) is 24.9 Å². The highest BCUT2D eigenvalue weighted by molar-refractivity contribution is 9.10. The summed E-state index contributed by atoms with van der Waals surface area (Å²) in [5.74, 6) is -0.297. The number of benzene rings is 1. The Morgan fingerprint density at radius 2 is 2.33 bits per heavy atom. The first-order chi connectivity index (χ1) is 8.52. The minimum atomic E-state index is -0.460. The molecule has 1 amide bonds. The zero-order valence-corrected chi connectivity index (χ0v) is 12.5. The molecule has 1 heterocycles.